The van der Waals surface area contributed by atoms with Crippen molar-refractivity contribution in [1.29, 1.82) is 0 Å². The molecule has 1 aliphatic carbocycles. The van der Waals surface area contributed by atoms with E-state index in [9.17, 15) is 9.59 Å². The Bertz CT molecular complexity index is 909. The molecule has 0 aromatic heterocycles. The molecular weight excluding hydrogens is 368 g/mol. The largest absolute Gasteiger partial charge is 0.497 e. The molecule has 6 heteroatoms. The zero-order valence-corrected chi connectivity index (χ0v) is 16.8. The van der Waals surface area contributed by atoms with E-state index < -0.39 is 0 Å². The lowest BCUT2D eigenvalue weighted by Crippen LogP contribution is -2.36. The average molecular weight is 394 g/mol. The summed E-state index contributed by atoms with van der Waals surface area (Å²) < 4.78 is 10.6. The maximum atomic E-state index is 13.1. The van der Waals surface area contributed by atoms with Crippen LogP contribution in [-0.2, 0) is 4.79 Å². The third-order valence-corrected chi connectivity index (χ3v) is 5.71. The highest BCUT2D eigenvalue weighted by Gasteiger charge is 2.42. The van der Waals surface area contributed by atoms with Crippen LogP contribution in [0.2, 0.25) is 0 Å². The molecule has 2 atom stereocenters. The van der Waals surface area contributed by atoms with Gasteiger partial charge in [-0.3, -0.25) is 9.59 Å². The first kappa shape index (κ1) is 19.3. The van der Waals surface area contributed by atoms with Crippen molar-refractivity contribution in [3.63, 3.8) is 0 Å². The van der Waals surface area contributed by atoms with Gasteiger partial charge in [0.05, 0.1) is 20.1 Å². The van der Waals surface area contributed by atoms with E-state index in [0.29, 0.717) is 24.4 Å². The van der Waals surface area contributed by atoms with Crippen molar-refractivity contribution in [2.45, 2.75) is 24.8 Å². The minimum atomic E-state index is -0.280. The van der Waals surface area contributed by atoms with E-state index in [-0.39, 0.29) is 29.7 Å². The smallest absolute Gasteiger partial charge is 0.254 e. The fourth-order valence-electron chi connectivity index (χ4n) is 3.92. The summed E-state index contributed by atoms with van der Waals surface area (Å²) >= 11 is 0. The molecule has 4 rings (SSSR count). The molecule has 2 aromatic rings. The van der Waals surface area contributed by atoms with Gasteiger partial charge in [0.2, 0.25) is 5.91 Å². The predicted octanol–water partition coefficient (Wildman–Crippen LogP) is 2.84. The van der Waals surface area contributed by atoms with E-state index in [4.69, 9.17) is 9.47 Å². The Labute approximate surface area is 170 Å². The Balaban J connectivity index is 1.59. The van der Waals surface area contributed by atoms with E-state index >= 15 is 0 Å². The van der Waals surface area contributed by atoms with Crippen molar-refractivity contribution in [2.24, 2.45) is 5.92 Å². The molecular formula is C23H26N2O4. The normalized spacial score (nSPS) is 21.0. The summed E-state index contributed by atoms with van der Waals surface area (Å²) in [5, 5.41) is 3.11. The molecule has 2 aliphatic rings. The van der Waals surface area contributed by atoms with E-state index in [1.54, 1.807) is 37.3 Å². The number of methoxy groups -OCH3 is 2. The first-order valence-corrected chi connectivity index (χ1v) is 9.96. The Morgan fingerprint density at radius 1 is 0.966 bits per heavy atom. The summed E-state index contributed by atoms with van der Waals surface area (Å²) in [6.07, 6.45) is 2.07. The summed E-state index contributed by atoms with van der Waals surface area (Å²) in [5.74, 6) is 0.985. The lowest BCUT2D eigenvalue weighted by Gasteiger charge is -2.18. The molecule has 1 N–H and O–H groups in total. The van der Waals surface area contributed by atoms with Gasteiger partial charge in [0.1, 0.15) is 11.5 Å². The Hall–Kier alpha value is -3.02. The number of nitrogens with zero attached hydrogens (tertiary/aromatic N) is 1. The van der Waals surface area contributed by atoms with Crippen LogP contribution >= 0.6 is 0 Å². The van der Waals surface area contributed by atoms with Crippen molar-refractivity contribution in [1.82, 2.24) is 10.2 Å². The summed E-state index contributed by atoms with van der Waals surface area (Å²) in [4.78, 5) is 27.8. The van der Waals surface area contributed by atoms with Gasteiger partial charge in [0.25, 0.3) is 5.91 Å². The van der Waals surface area contributed by atoms with E-state index in [2.05, 4.69) is 5.32 Å². The van der Waals surface area contributed by atoms with Crippen LogP contribution in [0.15, 0.2) is 48.5 Å². The topological polar surface area (TPSA) is 67.9 Å². The molecule has 0 radical (unpaired) electrons. The van der Waals surface area contributed by atoms with Crippen molar-refractivity contribution in [3.8, 4) is 11.5 Å². The first-order chi connectivity index (χ1) is 14.1. The fourth-order valence-corrected chi connectivity index (χ4v) is 3.92. The molecule has 1 saturated carbocycles. The highest BCUT2D eigenvalue weighted by molar-refractivity contribution is 5.95. The van der Waals surface area contributed by atoms with Crippen LogP contribution in [0, 0.1) is 5.92 Å². The summed E-state index contributed by atoms with van der Waals surface area (Å²) in [6.45, 7) is 0.891. The van der Waals surface area contributed by atoms with Crippen molar-refractivity contribution < 1.29 is 19.1 Å². The molecule has 2 unspecified atom stereocenters. The van der Waals surface area contributed by atoms with Gasteiger partial charge in [-0.2, -0.15) is 0 Å². The summed E-state index contributed by atoms with van der Waals surface area (Å²) in [5.41, 5.74) is 1.58. The SMILES string of the molecule is COc1cccc(C(=O)N2CC(C(=O)NC3CC3)C(c3cccc(OC)c3)C2)c1. The maximum Gasteiger partial charge on any atom is 0.254 e. The molecule has 0 spiro atoms. The molecule has 29 heavy (non-hydrogen) atoms. The number of ether oxygens (including phenoxy) is 2. The third-order valence-electron chi connectivity index (χ3n) is 5.71. The monoisotopic (exact) mass is 394 g/mol. The molecule has 2 amide bonds. The second-order valence-corrected chi connectivity index (χ2v) is 7.71. The van der Waals surface area contributed by atoms with E-state index in [1.807, 2.05) is 30.3 Å². The van der Waals surface area contributed by atoms with Gasteiger partial charge in [-0.25, -0.2) is 0 Å². The van der Waals surface area contributed by atoms with Crippen molar-refractivity contribution >= 4 is 11.8 Å². The van der Waals surface area contributed by atoms with Crippen LogP contribution in [0.3, 0.4) is 0 Å². The van der Waals surface area contributed by atoms with Crippen LogP contribution in [0.1, 0.15) is 34.7 Å². The number of nitrogens with one attached hydrogen (secondary N) is 1. The third kappa shape index (κ3) is 4.21. The second kappa shape index (κ2) is 8.15. The van der Waals surface area contributed by atoms with E-state index in [1.165, 1.54) is 0 Å². The van der Waals surface area contributed by atoms with Gasteiger partial charge in [-0.15, -0.1) is 0 Å². The Morgan fingerprint density at radius 3 is 2.34 bits per heavy atom. The number of carbonyl (C=O) groups excluding carboxylic acids is 2. The predicted molar refractivity (Wildman–Crippen MR) is 109 cm³/mol. The average Bonchev–Trinajstić information content (AvgIpc) is 3.46. The molecule has 0 bridgehead atoms. The van der Waals surface area contributed by atoms with Gasteiger partial charge in [-0.05, 0) is 48.7 Å². The van der Waals surface area contributed by atoms with Gasteiger partial charge in [0.15, 0.2) is 0 Å². The van der Waals surface area contributed by atoms with Crippen molar-refractivity contribution in [3.05, 3.63) is 59.7 Å². The Morgan fingerprint density at radius 2 is 1.66 bits per heavy atom. The number of rotatable bonds is 6. The molecule has 1 saturated heterocycles. The highest BCUT2D eigenvalue weighted by atomic mass is 16.5. The number of benzene rings is 2. The number of hydrogen-bond donors (Lipinski definition) is 1. The number of amides is 2. The lowest BCUT2D eigenvalue weighted by molar-refractivity contribution is -0.125. The zero-order chi connectivity index (χ0) is 20.4. The lowest BCUT2D eigenvalue weighted by atomic mass is 9.88. The minimum Gasteiger partial charge on any atom is -0.497 e. The molecule has 1 aliphatic heterocycles. The molecule has 1 heterocycles. The Kier molecular flexibility index (Phi) is 5.43. The number of likely N-dealkylation sites (tertiary alicyclic amines) is 1. The van der Waals surface area contributed by atoms with Crippen LogP contribution in [0.25, 0.3) is 0 Å². The molecule has 2 aromatic carbocycles. The minimum absolute atomic E-state index is 0.0289. The second-order valence-electron chi connectivity index (χ2n) is 7.71. The van der Waals surface area contributed by atoms with Crippen molar-refractivity contribution in [2.75, 3.05) is 27.3 Å². The standard InChI is InChI=1S/C23H26N2O4/c1-28-18-7-3-5-15(11-18)20-13-25(14-21(20)22(26)24-17-9-10-17)23(27)16-6-4-8-19(12-16)29-2/h3-8,11-12,17,20-21H,9-10,13-14H2,1-2H3,(H,24,26). The number of carbonyl (C=O) groups is 2. The van der Waals surface area contributed by atoms with Crippen LogP contribution in [-0.4, -0.2) is 50.1 Å². The van der Waals surface area contributed by atoms with Gasteiger partial charge >= 0.3 is 0 Å². The fraction of sp³-hybridized carbons (Fsp3) is 0.391. The maximum absolute atomic E-state index is 13.1. The van der Waals surface area contributed by atoms with Gasteiger partial charge in [-0.1, -0.05) is 18.2 Å². The molecule has 152 valence electrons. The summed E-state index contributed by atoms with van der Waals surface area (Å²) in [6, 6.07) is 15.2. The van der Waals surface area contributed by atoms with Gasteiger partial charge in [0, 0.05) is 30.6 Å². The molecule has 6 nitrogen and oxygen atoms in total. The first-order valence-electron chi connectivity index (χ1n) is 9.96. The molecule has 2 fully saturated rings. The van der Waals surface area contributed by atoms with E-state index in [0.717, 1.165) is 24.2 Å². The van der Waals surface area contributed by atoms with Crippen LogP contribution in [0.4, 0.5) is 0 Å². The number of hydrogen-bond acceptors (Lipinski definition) is 4. The summed E-state index contributed by atoms with van der Waals surface area (Å²) in [7, 11) is 3.21. The van der Waals surface area contributed by atoms with Crippen LogP contribution in [0.5, 0.6) is 11.5 Å². The quantitative estimate of drug-likeness (QED) is 0.818. The van der Waals surface area contributed by atoms with Gasteiger partial charge < -0.3 is 19.7 Å². The highest BCUT2D eigenvalue weighted by Crippen LogP contribution is 2.36. The zero-order valence-electron chi connectivity index (χ0n) is 16.8. The van der Waals surface area contributed by atoms with Crippen LogP contribution < -0.4 is 14.8 Å².